The lowest BCUT2D eigenvalue weighted by Gasteiger charge is -2.38. The van der Waals surface area contributed by atoms with E-state index in [1.165, 1.54) is 0 Å². The number of ether oxygens (including phenoxy) is 1. The number of aliphatic hydroxyl groups is 1. The van der Waals surface area contributed by atoms with Gasteiger partial charge in [0.1, 0.15) is 5.75 Å². The molecule has 2 atom stereocenters. The minimum atomic E-state index is -0.541. The molecule has 1 aliphatic rings. The number of benzene rings is 2. The topological polar surface area (TPSA) is 32.7 Å². The summed E-state index contributed by atoms with van der Waals surface area (Å²) in [6.45, 7) is 0.829. The highest BCUT2D eigenvalue weighted by molar-refractivity contribution is 5.40. The van der Waals surface area contributed by atoms with Crippen molar-refractivity contribution in [3.05, 3.63) is 65.2 Å². The number of hydrogen-bond acceptors (Lipinski definition) is 3. The van der Waals surface area contributed by atoms with Crippen LogP contribution in [0.4, 0.5) is 0 Å². The zero-order valence-corrected chi connectivity index (χ0v) is 11.8. The minimum absolute atomic E-state index is 0.0178. The van der Waals surface area contributed by atoms with Crippen molar-refractivity contribution in [1.82, 2.24) is 4.90 Å². The van der Waals surface area contributed by atoms with Crippen molar-refractivity contribution in [1.29, 1.82) is 0 Å². The first-order valence-electron chi connectivity index (χ1n) is 6.81. The molecule has 20 heavy (non-hydrogen) atoms. The predicted octanol–water partition coefficient (Wildman–Crippen LogP) is 2.92. The molecule has 3 heteroatoms. The molecule has 0 bridgehead atoms. The van der Waals surface area contributed by atoms with E-state index in [9.17, 15) is 5.11 Å². The Morgan fingerprint density at radius 3 is 2.60 bits per heavy atom. The van der Waals surface area contributed by atoms with Gasteiger partial charge in [-0.25, -0.2) is 0 Å². The third-order valence-corrected chi connectivity index (χ3v) is 4.01. The monoisotopic (exact) mass is 269 g/mol. The molecule has 104 valence electrons. The molecule has 3 nitrogen and oxygen atoms in total. The number of nitrogens with zero attached hydrogens (tertiary/aromatic N) is 1. The van der Waals surface area contributed by atoms with Crippen LogP contribution in [-0.2, 0) is 6.54 Å². The summed E-state index contributed by atoms with van der Waals surface area (Å²) in [7, 11) is 3.70. The molecule has 0 saturated heterocycles. The van der Waals surface area contributed by atoms with Gasteiger partial charge < -0.3 is 9.84 Å². The predicted molar refractivity (Wildman–Crippen MR) is 78.6 cm³/mol. The quantitative estimate of drug-likeness (QED) is 0.910. The van der Waals surface area contributed by atoms with Gasteiger partial charge in [0.15, 0.2) is 0 Å². The largest absolute Gasteiger partial charge is 0.497 e. The summed E-state index contributed by atoms with van der Waals surface area (Å²) in [6, 6.07) is 16.1. The maximum atomic E-state index is 10.8. The Bertz CT molecular complexity index is 597. The first-order chi connectivity index (χ1) is 9.70. The van der Waals surface area contributed by atoms with E-state index in [1.54, 1.807) is 7.11 Å². The molecular formula is C17H19NO2. The Labute approximate surface area is 119 Å². The fraction of sp³-hybridized carbons (Fsp3) is 0.294. The van der Waals surface area contributed by atoms with Crippen molar-refractivity contribution < 1.29 is 9.84 Å². The summed E-state index contributed by atoms with van der Waals surface area (Å²) < 4.78 is 5.27. The van der Waals surface area contributed by atoms with Gasteiger partial charge in [0.25, 0.3) is 0 Å². The highest BCUT2D eigenvalue weighted by atomic mass is 16.5. The molecule has 3 rings (SSSR count). The fourth-order valence-corrected chi connectivity index (χ4v) is 2.98. The maximum Gasteiger partial charge on any atom is 0.119 e. The fourth-order valence-electron chi connectivity index (χ4n) is 2.98. The SMILES string of the molecule is COc1ccc2c(c1)[C@@H](O)[C@H](c1ccccc1)N(C)C2. The van der Waals surface area contributed by atoms with Crippen LogP contribution in [0.2, 0.25) is 0 Å². The van der Waals surface area contributed by atoms with Crippen LogP contribution in [0.5, 0.6) is 5.75 Å². The third-order valence-electron chi connectivity index (χ3n) is 4.01. The molecule has 0 radical (unpaired) electrons. The average Bonchev–Trinajstić information content (AvgIpc) is 2.48. The molecule has 2 aromatic rings. The summed E-state index contributed by atoms with van der Waals surface area (Å²) in [4.78, 5) is 2.19. The molecule has 0 saturated carbocycles. The molecule has 0 fully saturated rings. The molecule has 1 N–H and O–H groups in total. The molecule has 1 heterocycles. The number of rotatable bonds is 2. The number of fused-ring (bicyclic) bond motifs is 1. The van der Waals surface area contributed by atoms with Crippen molar-refractivity contribution >= 4 is 0 Å². The van der Waals surface area contributed by atoms with Crippen LogP contribution in [0.3, 0.4) is 0 Å². The highest BCUT2D eigenvalue weighted by Crippen LogP contribution is 2.41. The van der Waals surface area contributed by atoms with Gasteiger partial charge in [0.05, 0.1) is 19.3 Å². The summed E-state index contributed by atoms with van der Waals surface area (Å²) in [5.74, 6) is 0.791. The van der Waals surface area contributed by atoms with Gasteiger partial charge in [-0.15, -0.1) is 0 Å². The van der Waals surface area contributed by atoms with Crippen molar-refractivity contribution in [3.63, 3.8) is 0 Å². The second-order valence-electron chi connectivity index (χ2n) is 5.28. The second-order valence-corrected chi connectivity index (χ2v) is 5.28. The Morgan fingerprint density at radius 1 is 1.15 bits per heavy atom. The van der Waals surface area contributed by atoms with E-state index in [2.05, 4.69) is 17.0 Å². The van der Waals surface area contributed by atoms with E-state index in [-0.39, 0.29) is 6.04 Å². The number of methoxy groups -OCH3 is 1. The van der Waals surface area contributed by atoms with Crippen LogP contribution in [0.1, 0.15) is 28.8 Å². The van der Waals surface area contributed by atoms with Crippen molar-refractivity contribution in [3.8, 4) is 5.75 Å². The zero-order valence-electron chi connectivity index (χ0n) is 11.8. The summed E-state index contributed by atoms with van der Waals surface area (Å²) >= 11 is 0. The molecular weight excluding hydrogens is 250 g/mol. The Hall–Kier alpha value is -1.84. The van der Waals surface area contributed by atoms with Gasteiger partial charge in [-0.05, 0) is 35.9 Å². The van der Waals surface area contributed by atoms with Crippen LogP contribution in [-0.4, -0.2) is 24.2 Å². The van der Waals surface area contributed by atoms with Crippen LogP contribution in [0, 0.1) is 0 Å². The van der Waals surface area contributed by atoms with Crippen LogP contribution in [0.25, 0.3) is 0 Å². The van der Waals surface area contributed by atoms with E-state index in [4.69, 9.17) is 4.74 Å². The third kappa shape index (κ3) is 2.19. The van der Waals surface area contributed by atoms with E-state index in [1.807, 2.05) is 43.4 Å². The lowest BCUT2D eigenvalue weighted by molar-refractivity contribution is 0.0423. The van der Waals surface area contributed by atoms with Crippen molar-refractivity contribution in [2.24, 2.45) is 0 Å². The van der Waals surface area contributed by atoms with Crippen LogP contribution in [0.15, 0.2) is 48.5 Å². The van der Waals surface area contributed by atoms with Gasteiger partial charge in [-0.1, -0.05) is 36.4 Å². The molecule has 0 spiro atoms. The Balaban J connectivity index is 2.03. The van der Waals surface area contributed by atoms with E-state index in [0.29, 0.717) is 0 Å². The highest BCUT2D eigenvalue weighted by Gasteiger charge is 2.33. The zero-order chi connectivity index (χ0) is 14.1. The lowest BCUT2D eigenvalue weighted by atomic mass is 9.87. The Kier molecular flexibility index (Phi) is 3.47. The standard InChI is InChI=1S/C17H19NO2/c1-18-11-13-8-9-14(20-2)10-15(13)17(19)16(18)12-6-4-3-5-7-12/h3-10,16-17,19H,11H2,1-2H3/t16-,17+/m0/s1. The molecule has 1 aliphatic heterocycles. The summed E-state index contributed by atoms with van der Waals surface area (Å²) in [6.07, 6.45) is -0.541. The molecule has 0 aromatic heterocycles. The second kappa shape index (κ2) is 5.27. The first kappa shape index (κ1) is 13.2. The summed E-state index contributed by atoms with van der Waals surface area (Å²) in [5, 5.41) is 10.8. The number of hydrogen-bond donors (Lipinski definition) is 1. The van der Waals surface area contributed by atoms with Crippen molar-refractivity contribution in [2.75, 3.05) is 14.2 Å². The molecule has 0 amide bonds. The van der Waals surface area contributed by atoms with Crippen LogP contribution >= 0.6 is 0 Å². The van der Waals surface area contributed by atoms with Gasteiger partial charge in [0.2, 0.25) is 0 Å². The van der Waals surface area contributed by atoms with Gasteiger partial charge >= 0.3 is 0 Å². The van der Waals surface area contributed by atoms with E-state index >= 15 is 0 Å². The normalized spacial score (nSPS) is 22.4. The molecule has 0 unspecified atom stereocenters. The number of aliphatic hydroxyl groups excluding tert-OH is 1. The van der Waals surface area contributed by atoms with Gasteiger partial charge in [-0.2, -0.15) is 0 Å². The maximum absolute atomic E-state index is 10.8. The lowest BCUT2D eigenvalue weighted by Crippen LogP contribution is -2.34. The minimum Gasteiger partial charge on any atom is -0.497 e. The van der Waals surface area contributed by atoms with Crippen LogP contribution < -0.4 is 4.74 Å². The first-order valence-corrected chi connectivity index (χ1v) is 6.81. The molecule has 0 aliphatic carbocycles. The number of likely N-dealkylation sites (N-methyl/N-ethyl adjacent to an activating group) is 1. The molecule has 2 aromatic carbocycles. The average molecular weight is 269 g/mol. The van der Waals surface area contributed by atoms with Crippen molar-refractivity contribution in [2.45, 2.75) is 18.7 Å². The van der Waals surface area contributed by atoms with E-state index < -0.39 is 6.10 Å². The Morgan fingerprint density at radius 2 is 1.90 bits per heavy atom. The van der Waals surface area contributed by atoms with Gasteiger partial charge in [-0.3, -0.25) is 4.90 Å². The van der Waals surface area contributed by atoms with E-state index in [0.717, 1.165) is 29.0 Å². The summed E-state index contributed by atoms with van der Waals surface area (Å²) in [5.41, 5.74) is 3.26. The smallest absolute Gasteiger partial charge is 0.119 e. The van der Waals surface area contributed by atoms with Gasteiger partial charge in [0, 0.05) is 6.54 Å².